The summed E-state index contributed by atoms with van der Waals surface area (Å²) in [6.07, 6.45) is 0.123. The van der Waals surface area contributed by atoms with Crippen molar-refractivity contribution in [1.82, 2.24) is 0 Å². The predicted octanol–water partition coefficient (Wildman–Crippen LogP) is 3.14. The molecule has 0 aromatic heterocycles. The number of nitriles is 1. The molecular weight excluding hydrogens is 350 g/mol. The van der Waals surface area contributed by atoms with Crippen LogP contribution < -0.4 is 5.32 Å². The number of carbonyl (C=O) groups is 2. The van der Waals surface area contributed by atoms with Crippen molar-refractivity contribution in [3.63, 3.8) is 0 Å². The highest BCUT2D eigenvalue weighted by Crippen LogP contribution is 2.21. The molecule has 0 aliphatic rings. The molecule has 0 saturated heterocycles. The van der Waals surface area contributed by atoms with Gasteiger partial charge in [-0.3, -0.25) is 19.7 Å². The van der Waals surface area contributed by atoms with Gasteiger partial charge in [0.2, 0.25) is 0 Å². The van der Waals surface area contributed by atoms with Gasteiger partial charge in [0.05, 0.1) is 22.6 Å². The van der Waals surface area contributed by atoms with Crippen LogP contribution in [0.15, 0.2) is 48.5 Å². The van der Waals surface area contributed by atoms with Gasteiger partial charge in [0.25, 0.3) is 11.6 Å². The molecule has 0 spiro atoms. The van der Waals surface area contributed by atoms with Crippen molar-refractivity contribution < 1.29 is 19.2 Å². The minimum absolute atomic E-state index is 0.0541. The summed E-state index contributed by atoms with van der Waals surface area (Å²) in [6, 6.07) is 14.7. The van der Waals surface area contributed by atoms with Crippen LogP contribution in [0.2, 0.25) is 0 Å². The van der Waals surface area contributed by atoms with Crippen molar-refractivity contribution in [2.45, 2.75) is 19.3 Å². The van der Waals surface area contributed by atoms with Gasteiger partial charge in [-0.25, -0.2) is 0 Å². The summed E-state index contributed by atoms with van der Waals surface area (Å²) in [5, 5.41) is 22.2. The molecule has 0 unspecified atom stereocenters. The quantitative estimate of drug-likeness (QED) is 0.456. The van der Waals surface area contributed by atoms with Gasteiger partial charge in [-0.05, 0) is 17.5 Å². The fourth-order valence-electron chi connectivity index (χ4n) is 2.39. The molecule has 8 heteroatoms. The van der Waals surface area contributed by atoms with Gasteiger partial charge in [-0.2, -0.15) is 5.26 Å². The van der Waals surface area contributed by atoms with Gasteiger partial charge >= 0.3 is 5.97 Å². The number of non-ortho nitro benzene ring substituents is 1. The summed E-state index contributed by atoms with van der Waals surface area (Å²) >= 11 is 0. The van der Waals surface area contributed by atoms with Crippen LogP contribution in [0.3, 0.4) is 0 Å². The van der Waals surface area contributed by atoms with E-state index in [1.807, 2.05) is 37.3 Å². The number of nitrogens with zero attached hydrogens (tertiary/aromatic N) is 2. The van der Waals surface area contributed by atoms with Crippen molar-refractivity contribution in [3.05, 3.63) is 69.8 Å². The fraction of sp³-hybridized carbons (Fsp3) is 0.211. The average molecular weight is 367 g/mol. The first-order valence-electron chi connectivity index (χ1n) is 8.09. The van der Waals surface area contributed by atoms with E-state index in [2.05, 4.69) is 5.32 Å². The lowest BCUT2D eigenvalue weighted by Gasteiger charge is -2.12. The van der Waals surface area contributed by atoms with Crippen molar-refractivity contribution in [2.75, 3.05) is 11.9 Å². The smallest absolute Gasteiger partial charge is 0.306 e. The summed E-state index contributed by atoms with van der Waals surface area (Å²) in [6.45, 7) is 1.37. The zero-order chi connectivity index (χ0) is 19.8. The number of anilines is 1. The summed E-state index contributed by atoms with van der Waals surface area (Å²) in [7, 11) is 0. The summed E-state index contributed by atoms with van der Waals surface area (Å²) in [5.41, 5.74) is 0.790. The summed E-state index contributed by atoms with van der Waals surface area (Å²) in [4.78, 5) is 33.9. The van der Waals surface area contributed by atoms with E-state index in [4.69, 9.17) is 10.00 Å². The Morgan fingerprint density at radius 1 is 1.26 bits per heavy atom. The Morgan fingerprint density at radius 2 is 1.96 bits per heavy atom. The summed E-state index contributed by atoms with van der Waals surface area (Å²) in [5.74, 6) is -1.21. The number of benzene rings is 2. The van der Waals surface area contributed by atoms with Crippen LogP contribution in [0.1, 0.15) is 30.4 Å². The largest absolute Gasteiger partial charge is 0.456 e. The Hall–Kier alpha value is -3.73. The third-order valence-electron chi connectivity index (χ3n) is 3.81. The Kier molecular flexibility index (Phi) is 6.61. The molecule has 0 fully saturated rings. The van der Waals surface area contributed by atoms with Crippen LogP contribution >= 0.6 is 0 Å². The van der Waals surface area contributed by atoms with Gasteiger partial charge in [0, 0.05) is 12.1 Å². The number of hydrogen-bond donors (Lipinski definition) is 1. The van der Waals surface area contributed by atoms with Crippen LogP contribution in [0.25, 0.3) is 0 Å². The van der Waals surface area contributed by atoms with Crippen molar-refractivity contribution in [3.8, 4) is 6.07 Å². The second-order valence-corrected chi connectivity index (χ2v) is 5.82. The second-order valence-electron chi connectivity index (χ2n) is 5.82. The standard InChI is InChI=1S/C19H17N3O5/c1-13(14-5-3-2-4-6-14)9-19(24)27-12-18(23)21-17-8-7-16(22(25)26)10-15(17)11-20/h2-8,10,13H,9,12H2,1H3,(H,21,23)/t13-/m1/s1. The molecule has 0 heterocycles. The summed E-state index contributed by atoms with van der Waals surface area (Å²) < 4.78 is 4.96. The Bertz CT molecular complexity index is 890. The van der Waals surface area contributed by atoms with Gasteiger partial charge in [0.1, 0.15) is 6.07 Å². The number of hydrogen-bond acceptors (Lipinski definition) is 6. The molecule has 0 saturated carbocycles. The molecule has 1 amide bonds. The zero-order valence-electron chi connectivity index (χ0n) is 14.5. The van der Waals surface area contributed by atoms with Crippen LogP contribution in [-0.2, 0) is 14.3 Å². The highest BCUT2D eigenvalue weighted by Gasteiger charge is 2.16. The maximum atomic E-state index is 11.9. The number of nitro benzene ring substituents is 1. The lowest BCUT2D eigenvalue weighted by atomic mass is 9.98. The first kappa shape index (κ1) is 19.6. The molecule has 2 rings (SSSR count). The van der Waals surface area contributed by atoms with Crippen molar-refractivity contribution in [2.24, 2.45) is 0 Å². The third kappa shape index (κ3) is 5.64. The fourth-order valence-corrected chi connectivity index (χ4v) is 2.39. The maximum absolute atomic E-state index is 11.9. The van der Waals surface area contributed by atoms with E-state index >= 15 is 0 Å². The van der Waals surface area contributed by atoms with E-state index in [1.165, 1.54) is 12.1 Å². The van der Waals surface area contributed by atoms with Crippen LogP contribution in [0, 0.1) is 21.4 Å². The van der Waals surface area contributed by atoms with Crippen LogP contribution in [0.4, 0.5) is 11.4 Å². The van der Waals surface area contributed by atoms with Crippen LogP contribution in [-0.4, -0.2) is 23.4 Å². The van der Waals surface area contributed by atoms with Gasteiger partial charge in [-0.15, -0.1) is 0 Å². The van der Waals surface area contributed by atoms with E-state index in [1.54, 1.807) is 6.07 Å². The van der Waals surface area contributed by atoms with Gasteiger partial charge in [0.15, 0.2) is 6.61 Å². The Balaban J connectivity index is 1.88. The molecule has 1 N–H and O–H groups in total. The highest BCUT2D eigenvalue weighted by atomic mass is 16.6. The van der Waals surface area contributed by atoms with E-state index in [-0.39, 0.29) is 29.3 Å². The Morgan fingerprint density at radius 3 is 2.59 bits per heavy atom. The van der Waals surface area contributed by atoms with Gasteiger partial charge < -0.3 is 10.1 Å². The maximum Gasteiger partial charge on any atom is 0.306 e. The van der Waals surface area contributed by atoms with Crippen molar-refractivity contribution >= 4 is 23.3 Å². The number of carbonyl (C=O) groups excluding carboxylic acids is 2. The molecular formula is C19H17N3O5. The predicted molar refractivity (Wildman–Crippen MR) is 96.9 cm³/mol. The number of rotatable bonds is 7. The number of ether oxygens (including phenoxy) is 1. The van der Waals surface area contributed by atoms with E-state index in [0.29, 0.717) is 0 Å². The zero-order valence-corrected chi connectivity index (χ0v) is 14.5. The first-order valence-corrected chi connectivity index (χ1v) is 8.09. The normalized spacial score (nSPS) is 11.1. The molecule has 1 atom stereocenters. The average Bonchev–Trinajstić information content (AvgIpc) is 2.67. The van der Waals surface area contributed by atoms with E-state index < -0.39 is 23.4 Å². The molecule has 0 aliphatic heterocycles. The minimum atomic E-state index is -0.638. The van der Waals surface area contributed by atoms with Gasteiger partial charge in [-0.1, -0.05) is 37.3 Å². The number of nitrogens with one attached hydrogen (secondary N) is 1. The minimum Gasteiger partial charge on any atom is -0.456 e. The number of nitro groups is 1. The SMILES string of the molecule is C[C@H](CC(=O)OCC(=O)Nc1ccc([N+](=O)[O-])cc1C#N)c1ccccc1. The van der Waals surface area contributed by atoms with E-state index in [0.717, 1.165) is 11.6 Å². The highest BCUT2D eigenvalue weighted by molar-refractivity contribution is 5.94. The number of esters is 1. The molecule has 2 aromatic rings. The van der Waals surface area contributed by atoms with E-state index in [9.17, 15) is 19.7 Å². The molecule has 138 valence electrons. The second kappa shape index (κ2) is 9.10. The molecule has 8 nitrogen and oxygen atoms in total. The van der Waals surface area contributed by atoms with Crippen molar-refractivity contribution in [1.29, 1.82) is 5.26 Å². The molecule has 27 heavy (non-hydrogen) atoms. The lowest BCUT2D eigenvalue weighted by molar-refractivity contribution is -0.384. The topological polar surface area (TPSA) is 122 Å². The molecule has 2 aromatic carbocycles. The number of amides is 1. The lowest BCUT2D eigenvalue weighted by Crippen LogP contribution is -2.22. The molecule has 0 aliphatic carbocycles. The molecule has 0 bridgehead atoms. The van der Waals surface area contributed by atoms with Crippen LogP contribution in [0.5, 0.6) is 0 Å². The first-order chi connectivity index (χ1) is 12.9. The molecule has 0 radical (unpaired) electrons. The monoisotopic (exact) mass is 367 g/mol. The third-order valence-corrected chi connectivity index (χ3v) is 3.81. The Labute approximate surface area is 155 Å².